The van der Waals surface area contributed by atoms with Gasteiger partial charge in [-0.05, 0) is 6.42 Å². The summed E-state index contributed by atoms with van der Waals surface area (Å²) < 4.78 is 4.97. The molecule has 0 radical (unpaired) electrons. The van der Waals surface area contributed by atoms with Crippen molar-refractivity contribution in [3.8, 4) is 0 Å². The first kappa shape index (κ1) is 8.93. The standard InChI is InChI=1S/C7H14O4/c1-2-7(10)4-11-5(3-8)6(7)9/h5-6,8-10H,2-4H2,1H3/t5-,6-,7+/m1/s1. The third kappa shape index (κ3) is 1.39. The van der Waals surface area contributed by atoms with Gasteiger partial charge in [0.1, 0.15) is 17.8 Å². The fraction of sp³-hybridized carbons (Fsp3) is 1.00. The maximum atomic E-state index is 9.58. The molecule has 1 heterocycles. The molecule has 0 amide bonds. The molecule has 0 unspecified atom stereocenters. The maximum absolute atomic E-state index is 9.58. The number of hydrogen-bond donors (Lipinski definition) is 3. The van der Waals surface area contributed by atoms with E-state index in [4.69, 9.17) is 9.84 Å². The largest absolute Gasteiger partial charge is 0.394 e. The normalized spacial score (nSPS) is 44.7. The highest BCUT2D eigenvalue weighted by molar-refractivity contribution is 4.95. The van der Waals surface area contributed by atoms with Crippen LogP contribution in [0.25, 0.3) is 0 Å². The van der Waals surface area contributed by atoms with Crippen molar-refractivity contribution in [1.82, 2.24) is 0 Å². The van der Waals surface area contributed by atoms with E-state index in [2.05, 4.69) is 0 Å². The Morgan fingerprint density at radius 2 is 2.27 bits per heavy atom. The lowest BCUT2D eigenvalue weighted by atomic mass is 9.94. The molecular formula is C7H14O4. The van der Waals surface area contributed by atoms with Gasteiger partial charge >= 0.3 is 0 Å². The third-order valence-corrected chi connectivity index (χ3v) is 2.24. The maximum Gasteiger partial charge on any atom is 0.116 e. The second kappa shape index (κ2) is 3.06. The SMILES string of the molecule is CC[C@]1(O)CO[C@H](CO)[C@H]1O. The number of hydrogen-bond acceptors (Lipinski definition) is 4. The Morgan fingerprint density at radius 3 is 2.55 bits per heavy atom. The summed E-state index contributed by atoms with van der Waals surface area (Å²) >= 11 is 0. The van der Waals surface area contributed by atoms with Crippen LogP contribution in [-0.2, 0) is 4.74 Å². The van der Waals surface area contributed by atoms with E-state index in [0.29, 0.717) is 6.42 Å². The Morgan fingerprint density at radius 1 is 1.64 bits per heavy atom. The Bertz CT molecular complexity index is 138. The molecule has 0 spiro atoms. The van der Waals surface area contributed by atoms with E-state index in [1.807, 2.05) is 0 Å². The fourth-order valence-electron chi connectivity index (χ4n) is 1.24. The smallest absolute Gasteiger partial charge is 0.116 e. The van der Waals surface area contributed by atoms with Gasteiger partial charge < -0.3 is 20.1 Å². The van der Waals surface area contributed by atoms with Crippen LogP contribution in [0.4, 0.5) is 0 Å². The van der Waals surface area contributed by atoms with Gasteiger partial charge in [-0.3, -0.25) is 0 Å². The highest BCUT2D eigenvalue weighted by atomic mass is 16.5. The molecule has 4 heteroatoms. The van der Waals surface area contributed by atoms with Crippen molar-refractivity contribution in [3.05, 3.63) is 0 Å². The van der Waals surface area contributed by atoms with Crippen molar-refractivity contribution in [1.29, 1.82) is 0 Å². The molecule has 0 bridgehead atoms. The average molecular weight is 162 g/mol. The minimum absolute atomic E-state index is 0.107. The molecule has 1 saturated heterocycles. The molecule has 66 valence electrons. The number of rotatable bonds is 2. The summed E-state index contributed by atoms with van der Waals surface area (Å²) in [7, 11) is 0. The van der Waals surface area contributed by atoms with Gasteiger partial charge in [0.2, 0.25) is 0 Å². The van der Waals surface area contributed by atoms with Crippen LogP contribution in [-0.4, -0.2) is 46.3 Å². The van der Waals surface area contributed by atoms with Gasteiger partial charge in [-0.25, -0.2) is 0 Å². The summed E-state index contributed by atoms with van der Waals surface area (Å²) in [4.78, 5) is 0. The van der Waals surface area contributed by atoms with Gasteiger partial charge in [0.25, 0.3) is 0 Å². The molecule has 11 heavy (non-hydrogen) atoms. The van der Waals surface area contributed by atoms with Crippen LogP contribution >= 0.6 is 0 Å². The van der Waals surface area contributed by atoms with Crippen LogP contribution in [0.15, 0.2) is 0 Å². The highest BCUT2D eigenvalue weighted by Crippen LogP contribution is 2.27. The molecule has 0 aromatic rings. The Labute approximate surface area is 65.4 Å². The molecule has 0 aromatic heterocycles. The van der Waals surface area contributed by atoms with Crippen LogP contribution in [0.2, 0.25) is 0 Å². The van der Waals surface area contributed by atoms with E-state index >= 15 is 0 Å². The van der Waals surface area contributed by atoms with E-state index in [-0.39, 0.29) is 13.2 Å². The van der Waals surface area contributed by atoms with Gasteiger partial charge in [-0.1, -0.05) is 6.92 Å². The summed E-state index contributed by atoms with van der Waals surface area (Å²) in [5.74, 6) is 0. The number of aliphatic hydroxyl groups is 3. The molecule has 0 saturated carbocycles. The summed E-state index contributed by atoms with van der Waals surface area (Å²) in [5.41, 5.74) is -1.16. The second-order valence-electron chi connectivity index (χ2n) is 2.93. The number of aliphatic hydroxyl groups excluding tert-OH is 2. The van der Waals surface area contributed by atoms with Crippen LogP contribution in [0.1, 0.15) is 13.3 Å². The van der Waals surface area contributed by atoms with E-state index < -0.39 is 17.8 Å². The van der Waals surface area contributed by atoms with E-state index in [1.54, 1.807) is 6.92 Å². The van der Waals surface area contributed by atoms with Gasteiger partial charge in [0.15, 0.2) is 0 Å². The predicted octanol–water partition coefficient (Wildman–Crippen LogP) is -1.12. The second-order valence-corrected chi connectivity index (χ2v) is 2.93. The van der Waals surface area contributed by atoms with Crippen molar-refractivity contribution < 1.29 is 20.1 Å². The Balaban J connectivity index is 2.61. The minimum atomic E-state index is -1.16. The monoisotopic (exact) mass is 162 g/mol. The molecular weight excluding hydrogens is 148 g/mol. The van der Waals surface area contributed by atoms with Crippen LogP contribution in [0.3, 0.4) is 0 Å². The summed E-state index contributed by atoms with van der Waals surface area (Å²) in [6.45, 7) is 1.63. The zero-order valence-electron chi connectivity index (χ0n) is 6.53. The molecule has 3 N–H and O–H groups in total. The lowest BCUT2D eigenvalue weighted by molar-refractivity contribution is -0.0571. The first-order valence-electron chi connectivity index (χ1n) is 3.77. The van der Waals surface area contributed by atoms with Gasteiger partial charge in [0, 0.05) is 0 Å². The first-order valence-corrected chi connectivity index (χ1v) is 3.77. The Hall–Kier alpha value is -0.160. The molecule has 0 aliphatic carbocycles. The molecule has 1 fully saturated rings. The molecule has 3 atom stereocenters. The molecule has 1 aliphatic rings. The first-order chi connectivity index (χ1) is 5.14. The van der Waals surface area contributed by atoms with Crippen molar-refractivity contribution in [3.63, 3.8) is 0 Å². The fourth-order valence-corrected chi connectivity index (χ4v) is 1.24. The summed E-state index contributed by atoms with van der Waals surface area (Å²) in [6, 6.07) is 0. The van der Waals surface area contributed by atoms with E-state index in [9.17, 15) is 10.2 Å². The van der Waals surface area contributed by atoms with Crippen LogP contribution in [0, 0.1) is 0 Å². The predicted molar refractivity (Wildman–Crippen MR) is 38.1 cm³/mol. The van der Waals surface area contributed by atoms with Crippen LogP contribution in [0.5, 0.6) is 0 Å². The molecule has 1 rings (SSSR count). The lowest BCUT2D eigenvalue weighted by Crippen LogP contribution is -2.44. The highest BCUT2D eigenvalue weighted by Gasteiger charge is 2.46. The zero-order valence-corrected chi connectivity index (χ0v) is 6.53. The van der Waals surface area contributed by atoms with E-state index in [0.717, 1.165) is 0 Å². The molecule has 4 nitrogen and oxygen atoms in total. The molecule has 0 aromatic carbocycles. The number of ether oxygens (including phenoxy) is 1. The average Bonchev–Trinajstić information content (AvgIpc) is 2.31. The van der Waals surface area contributed by atoms with Crippen molar-refractivity contribution in [2.75, 3.05) is 13.2 Å². The zero-order chi connectivity index (χ0) is 8.48. The quantitative estimate of drug-likeness (QED) is 0.481. The van der Waals surface area contributed by atoms with Gasteiger partial charge in [0.05, 0.1) is 13.2 Å². The third-order valence-electron chi connectivity index (χ3n) is 2.24. The molecule has 1 aliphatic heterocycles. The summed E-state index contributed by atoms with van der Waals surface area (Å²) in [5, 5.41) is 27.6. The van der Waals surface area contributed by atoms with Crippen molar-refractivity contribution in [2.45, 2.75) is 31.2 Å². The summed E-state index contributed by atoms with van der Waals surface area (Å²) in [6.07, 6.45) is -1.15. The van der Waals surface area contributed by atoms with Gasteiger partial charge in [-0.15, -0.1) is 0 Å². The van der Waals surface area contributed by atoms with Crippen LogP contribution < -0.4 is 0 Å². The van der Waals surface area contributed by atoms with Crippen molar-refractivity contribution in [2.24, 2.45) is 0 Å². The van der Waals surface area contributed by atoms with Crippen molar-refractivity contribution >= 4 is 0 Å². The topological polar surface area (TPSA) is 69.9 Å². The minimum Gasteiger partial charge on any atom is -0.394 e. The lowest BCUT2D eigenvalue weighted by Gasteiger charge is -2.23. The Kier molecular flexibility index (Phi) is 2.49. The van der Waals surface area contributed by atoms with Gasteiger partial charge in [-0.2, -0.15) is 0 Å². The van der Waals surface area contributed by atoms with E-state index in [1.165, 1.54) is 0 Å².